The van der Waals surface area contributed by atoms with Crippen LogP contribution in [0.2, 0.25) is 0 Å². The average molecular weight is 295 g/mol. The SMILES string of the molecule is O=C1CC(COCc2ccccc2)(c2ccccc2)CCN1. The van der Waals surface area contributed by atoms with Gasteiger partial charge in [-0.05, 0) is 17.5 Å². The maximum absolute atomic E-state index is 11.9. The van der Waals surface area contributed by atoms with Crippen molar-refractivity contribution >= 4 is 5.91 Å². The molecule has 22 heavy (non-hydrogen) atoms. The van der Waals surface area contributed by atoms with Crippen molar-refractivity contribution in [3.8, 4) is 0 Å². The molecule has 3 heteroatoms. The number of ether oxygens (including phenoxy) is 1. The lowest BCUT2D eigenvalue weighted by atomic mass is 9.73. The smallest absolute Gasteiger partial charge is 0.220 e. The van der Waals surface area contributed by atoms with Gasteiger partial charge < -0.3 is 10.1 Å². The van der Waals surface area contributed by atoms with Crippen molar-refractivity contribution in [2.75, 3.05) is 13.2 Å². The summed E-state index contributed by atoms with van der Waals surface area (Å²) in [5, 5.41) is 2.92. The topological polar surface area (TPSA) is 38.3 Å². The summed E-state index contributed by atoms with van der Waals surface area (Å²) in [6.07, 6.45) is 1.41. The van der Waals surface area contributed by atoms with Crippen LogP contribution in [0.25, 0.3) is 0 Å². The molecule has 0 bridgehead atoms. The van der Waals surface area contributed by atoms with E-state index in [1.165, 1.54) is 5.56 Å². The van der Waals surface area contributed by atoms with Gasteiger partial charge in [0.25, 0.3) is 0 Å². The second-order valence-electron chi connectivity index (χ2n) is 5.90. The summed E-state index contributed by atoms with van der Waals surface area (Å²) in [4.78, 5) is 11.9. The van der Waals surface area contributed by atoms with Crippen LogP contribution in [0.1, 0.15) is 24.0 Å². The van der Waals surface area contributed by atoms with E-state index in [-0.39, 0.29) is 11.3 Å². The summed E-state index contributed by atoms with van der Waals surface area (Å²) in [5.74, 6) is 0.110. The zero-order valence-corrected chi connectivity index (χ0v) is 12.6. The zero-order chi connectivity index (χ0) is 15.3. The minimum absolute atomic E-state index is 0.110. The molecule has 0 aliphatic carbocycles. The van der Waals surface area contributed by atoms with E-state index >= 15 is 0 Å². The van der Waals surface area contributed by atoms with Crippen molar-refractivity contribution in [1.82, 2.24) is 5.32 Å². The maximum Gasteiger partial charge on any atom is 0.220 e. The Kier molecular flexibility index (Phi) is 4.54. The molecule has 1 aliphatic heterocycles. The molecule has 0 radical (unpaired) electrons. The summed E-state index contributed by atoms with van der Waals surface area (Å²) in [6, 6.07) is 20.4. The molecule has 3 nitrogen and oxygen atoms in total. The van der Waals surface area contributed by atoms with E-state index in [0.29, 0.717) is 26.2 Å². The van der Waals surface area contributed by atoms with E-state index in [2.05, 4.69) is 29.6 Å². The van der Waals surface area contributed by atoms with E-state index < -0.39 is 0 Å². The fraction of sp³-hybridized carbons (Fsp3) is 0.316. The molecule has 1 fully saturated rings. The third kappa shape index (κ3) is 3.37. The van der Waals surface area contributed by atoms with Gasteiger partial charge >= 0.3 is 0 Å². The van der Waals surface area contributed by atoms with Gasteiger partial charge in [0.2, 0.25) is 5.91 Å². The van der Waals surface area contributed by atoms with E-state index in [1.807, 2.05) is 36.4 Å². The number of benzene rings is 2. The first-order chi connectivity index (χ1) is 10.8. The molecule has 0 saturated carbocycles. The van der Waals surface area contributed by atoms with Crippen molar-refractivity contribution in [3.63, 3.8) is 0 Å². The second kappa shape index (κ2) is 6.75. The van der Waals surface area contributed by atoms with E-state index in [9.17, 15) is 4.79 Å². The van der Waals surface area contributed by atoms with Crippen LogP contribution in [0.15, 0.2) is 60.7 Å². The summed E-state index contributed by atoms with van der Waals surface area (Å²) < 4.78 is 5.99. The Hall–Kier alpha value is -2.13. The highest BCUT2D eigenvalue weighted by atomic mass is 16.5. The standard InChI is InChI=1S/C19H21NO2/c21-18-13-19(11-12-20-18,17-9-5-2-6-10-17)15-22-14-16-7-3-1-4-8-16/h1-10H,11-15H2,(H,20,21). The van der Waals surface area contributed by atoms with Crippen LogP contribution in [-0.2, 0) is 21.6 Å². The van der Waals surface area contributed by atoms with Crippen LogP contribution < -0.4 is 5.32 Å². The molecule has 1 heterocycles. The lowest BCUT2D eigenvalue weighted by Crippen LogP contribution is -2.46. The van der Waals surface area contributed by atoms with Crippen molar-refractivity contribution in [2.24, 2.45) is 0 Å². The number of carbonyl (C=O) groups is 1. The van der Waals surface area contributed by atoms with Gasteiger partial charge in [0.15, 0.2) is 0 Å². The number of hydrogen-bond donors (Lipinski definition) is 1. The zero-order valence-electron chi connectivity index (χ0n) is 12.6. The van der Waals surface area contributed by atoms with Crippen molar-refractivity contribution < 1.29 is 9.53 Å². The molecule has 1 N–H and O–H groups in total. The first-order valence-corrected chi connectivity index (χ1v) is 7.72. The van der Waals surface area contributed by atoms with Crippen LogP contribution in [0.4, 0.5) is 0 Å². The van der Waals surface area contributed by atoms with E-state index in [0.717, 1.165) is 12.0 Å². The van der Waals surface area contributed by atoms with Gasteiger partial charge in [-0.3, -0.25) is 4.79 Å². The van der Waals surface area contributed by atoms with Crippen molar-refractivity contribution in [1.29, 1.82) is 0 Å². The number of carbonyl (C=O) groups excluding carboxylic acids is 1. The van der Waals surface area contributed by atoms with E-state index in [1.54, 1.807) is 0 Å². The molecule has 1 atom stereocenters. The first-order valence-electron chi connectivity index (χ1n) is 7.72. The van der Waals surface area contributed by atoms with Crippen LogP contribution in [0.3, 0.4) is 0 Å². The Balaban J connectivity index is 1.73. The average Bonchev–Trinajstić information content (AvgIpc) is 2.57. The fourth-order valence-corrected chi connectivity index (χ4v) is 3.08. The number of nitrogens with one attached hydrogen (secondary N) is 1. The summed E-state index contributed by atoms with van der Waals surface area (Å²) in [5.41, 5.74) is 2.14. The lowest BCUT2D eigenvalue weighted by Gasteiger charge is -2.37. The molecule has 114 valence electrons. The number of amides is 1. The quantitative estimate of drug-likeness (QED) is 0.920. The van der Waals surface area contributed by atoms with Crippen LogP contribution >= 0.6 is 0 Å². The van der Waals surface area contributed by atoms with Gasteiger partial charge in [-0.25, -0.2) is 0 Å². The monoisotopic (exact) mass is 295 g/mol. The molecular formula is C19H21NO2. The summed E-state index contributed by atoms with van der Waals surface area (Å²) in [7, 11) is 0. The molecule has 1 aliphatic rings. The second-order valence-corrected chi connectivity index (χ2v) is 5.90. The minimum Gasteiger partial charge on any atom is -0.376 e. The molecular weight excluding hydrogens is 274 g/mol. The summed E-state index contributed by atoms with van der Waals surface area (Å²) >= 11 is 0. The first kappa shape index (κ1) is 14.8. The Bertz CT molecular complexity index is 612. The van der Waals surface area contributed by atoms with Gasteiger partial charge in [0.1, 0.15) is 0 Å². The maximum atomic E-state index is 11.9. The highest BCUT2D eigenvalue weighted by molar-refractivity contribution is 5.78. The molecule has 1 saturated heterocycles. The molecule has 0 aromatic heterocycles. The van der Waals surface area contributed by atoms with Crippen molar-refractivity contribution in [3.05, 3.63) is 71.8 Å². The molecule has 0 spiro atoms. The highest BCUT2D eigenvalue weighted by Crippen LogP contribution is 2.34. The van der Waals surface area contributed by atoms with Gasteiger partial charge in [0.05, 0.1) is 13.2 Å². The molecule has 2 aromatic carbocycles. The Morgan fingerprint density at radius 2 is 1.68 bits per heavy atom. The van der Waals surface area contributed by atoms with Gasteiger partial charge in [0, 0.05) is 18.4 Å². The molecule has 1 amide bonds. The van der Waals surface area contributed by atoms with Crippen LogP contribution in [-0.4, -0.2) is 19.1 Å². The third-order valence-electron chi connectivity index (χ3n) is 4.30. The predicted molar refractivity (Wildman–Crippen MR) is 86.5 cm³/mol. The number of hydrogen-bond acceptors (Lipinski definition) is 2. The van der Waals surface area contributed by atoms with Crippen molar-refractivity contribution in [2.45, 2.75) is 24.9 Å². The van der Waals surface area contributed by atoms with Gasteiger partial charge in [-0.2, -0.15) is 0 Å². The summed E-state index contributed by atoms with van der Waals surface area (Å²) in [6.45, 7) is 1.86. The largest absolute Gasteiger partial charge is 0.376 e. The Labute approximate surface area is 131 Å². The number of piperidine rings is 1. The van der Waals surface area contributed by atoms with E-state index in [4.69, 9.17) is 4.74 Å². The third-order valence-corrected chi connectivity index (χ3v) is 4.30. The normalized spacial score (nSPS) is 21.4. The number of rotatable bonds is 5. The Morgan fingerprint density at radius 3 is 2.36 bits per heavy atom. The Morgan fingerprint density at radius 1 is 1.00 bits per heavy atom. The highest BCUT2D eigenvalue weighted by Gasteiger charge is 2.37. The van der Waals surface area contributed by atoms with Gasteiger partial charge in [-0.1, -0.05) is 60.7 Å². The molecule has 2 aromatic rings. The minimum atomic E-state index is -0.210. The molecule has 1 unspecified atom stereocenters. The van der Waals surface area contributed by atoms with Crippen LogP contribution in [0.5, 0.6) is 0 Å². The predicted octanol–water partition coefficient (Wildman–Crippen LogP) is 3.05. The lowest BCUT2D eigenvalue weighted by molar-refractivity contribution is -0.125. The fourth-order valence-electron chi connectivity index (χ4n) is 3.08. The van der Waals surface area contributed by atoms with Gasteiger partial charge in [-0.15, -0.1) is 0 Å². The van der Waals surface area contributed by atoms with Crippen LogP contribution in [0, 0.1) is 0 Å². The molecule has 3 rings (SSSR count).